The van der Waals surface area contributed by atoms with Gasteiger partial charge in [0.25, 0.3) is 5.91 Å². The second-order valence-corrected chi connectivity index (χ2v) is 7.93. The Kier molecular flexibility index (Phi) is 5.08. The lowest BCUT2D eigenvalue weighted by molar-refractivity contribution is -0.115. The third-order valence-electron chi connectivity index (χ3n) is 5.05. The van der Waals surface area contributed by atoms with Crippen LogP contribution in [-0.2, 0) is 4.79 Å². The van der Waals surface area contributed by atoms with Crippen molar-refractivity contribution in [3.05, 3.63) is 23.8 Å². The Morgan fingerprint density at radius 3 is 2.88 bits per heavy atom. The number of carbonyl (C=O) groups is 2. The number of hydrogen-bond donors (Lipinski definition) is 2. The maximum Gasteiger partial charge on any atom is 0.254 e. The third kappa shape index (κ3) is 3.03. The fraction of sp³-hybridized carbons (Fsp3) is 0.529. The number of amides is 2. The molecule has 130 valence electrons. The molecule has 0 spiro atoms. The van der Waals surface area contributed by atoms with E-state index in [9.17, 15) is 9.59 Å². The van der Waals surface area contributed by atoms with E-state index in [-0.39, 0.29) is 29.5 Å². The number of nitrogens with one attached hydrogen (secondary N) is 2. The Balaban J connectivity index is 0.00000169. The van der Waals surface area contributed by atoms with E-state index in [1.807, 2.05) is 25.1 Å². The summed E-state index contributed by atoms with van der Waals surface area (Å²) in [5, 5.41) is 6.25. The first-order valence-electron chi connectivity index (χ1n) is 8.28. The fourth-order valence-electron chi connectivity index (χ4n) is 3.80. The molecule has 1 aromatic carbocycles. The average Bonchev–Trinajstić information content (AvgIpc) is 2.80. The van der Waals surface area contributed by atoms with Gasteiger partial charge < -0.3 is 15.5 Å². The molecule has 3 atom stereocenters. The van der Waals surface area contributed by atoms with Crippen molar-refractivity contribution in [3.63, 3.8) is 0 Å². The van der Waals surface area contributed by atoms with Crippen molar-refractivity contribution in [2.24, 2.45) is 0 Å². The van der Waals surface area contributed by atoms with Crippen LogP contribution in [-0.4, -0.2) is 47.1 Å². The number of hydrogen-bond acceptors (Lipinski definition) is 4. The molecular formula is C17H22ClN3O2S. The van der Waals surface area contributed by atoms with Gasteiger partial charge in [-0.25, -0.2) is 0 Å². The number of rotatable bonds is 1. The van der Waals surface area contributed by atoms with Crippen molar-refractivity contribution >= 4 is 41.7 Å². The number of nitrogens with zero attached hydrogens (tertiary/aromatic N) is 1. The number of halogens is 1. The molecular weight excluding hydrogens is 346 g/mol. The Hall–Kier alpha value is -1.24. The predicted molar refractivity (Wildman–Crippen MR) is 98.1 cm³/mol. The van der Waals surface area contributed by atoms with Crippen LogP contribution in [0.2, 0.25) is 0 Å². The van der Waals surface area contributed by atoms with E-state index in [0.717, 1.165) is 42.9 Å². The standard InChI is InChI=1S/C17H21N3O2S.ClH/c1-10-16(21)19-14-8-11(2-5-15(14)23-10)17(22)20-12-3-4-13(20)9-18-7-6-12;/h2,5,8,10,12-13,18H,3-4,6-7,9H2,1H3,(H,19,21);1H. The maximum absolute atomic E-state index is 13.0. The summed E-state index contributed by atoms with van der Waals surface area (Å²) < 4.78 is 0. The van der Waals surface area contributed by atoms with Crippen LogP contribution in [0.3, 0.4) is 0 Å². The zero-order valence-corrected chi connectivity index (χ0v) is 15.2. The van der Waals surface area contributed by atoms with E-state index in [1.165, 1.54) is 0 Å². The van der Waals surface area contributed by atoms with Gasteiger partial charge in [0.05, 0.1) is 10.9 Å². The molecule has 3 heterocycles. The van der Waals surface area contributed by atoms with Gasteiger partial charge in [0.1, 0.15) is 0 Å². The summed E-state index contributed by atoms with van der Waals surface area (Å²) in [6.07, 6.45) is 3.21. The van der Waals surface area contributed by atoms with Gasteiger partial charge >= 0.3 is 0 Å². The van der Waals surface area contributed by atoms with Gasteiger partial charge in [-0.05, 0) is 50.9 Å². The van der Waals surface area contributed by atoms with Crippen LogP contribution >= 0.6 is 24.2 Å². The van der Waals surface area contributed by atoms with Crippen LogP contribution in [0.1, 0.15) is 36.5 Å². The van der Waals surface area contributed by atoms with Gasteiger partial charge in [-0.1, -0.05) is 0 Å². The lowest BCUT2D eigenvalue weighted by Gasteiger charge is -2.29. The minimum Gasteiger partial charge on any atom is -0.331 e. The van der Waals surface area contributed by atoms with E-state index in [1.54, 1.807) is 11.8 Å². The molecule has 0 aliphatic carbocycles. The Bertz CT molecular complexity index is 655. The monoisotopic (exact) mass is 367 g/mol. The van der Waals surface area contributed by atoms with Gasteiger partial charge in [0.15, 0.2) is 0 Å². The van der Waals surface area contributed by atoms with Crippen LogP contribution in [0.4, 0.5) is 5.69 Å². The van der Waals surface area contributed by atoms with Crippen LogP contribution in [0.25, 0.3) is 0 Å². The number of thioether (sulfide) groups is 1. The normalized spacial score (nSPS) is 28.5. The summed E-state index contributed by atoms with van der Waals surface area (Å²) in [6, 6.07) is 6.35. The molecule has 3 aliphatic rings. The van der Waals surface area contributed by atoms with Crippen molar-refractivity contribution in [3.8, 4) is 0 Å². The minimum atomic E-state index is -0.0865. The summed E-state index contributed by atoms with van der Waals surface area (Å²) >= 11 is 1.55. The molecule has 2 bridgehead atoms. The molecule has 2 amide bonds. The Morgan fingerprint density at radius 1 is 1.25 bits per heavy atom. The zero-order valence-electron chi connectivity index (χ0n) is 13.6. The summed E-state index contributed by atoms with van der Waals surface area (Å²) in [7, 11) is 0. The predicted octanol–water partition coefficient (Wildman–Crippen LogP) is 2.51. The second-order valence-electron chi connectivity index (χ2n) is 6.55. The summed E-state index contributed by atoms with van der Waals surface area (Å²) in [4.78, 5) is 28.0. The van der Waals surface area contributed by atoms with Crippen LogP contribution in [0.15, 0.2) is 23.1 Å². The minimum absolute atomic E-state index is 0. The SMILES string of the molecule is CC1Sc2ccc(C(=O)N3C4CCNCC3CC4)cc2NC1=O.Cl. The van der Waals surface area contributed by atoms with Gasteiger partial charge in [-0.15, -0.1) is 24.2 Å². The lowest BCUT2D eigenvalue weighted by atomic mass is 10.1. The molecule has 2 fully saturated rings. The van der Waals surface area contributed by atoms with Crippen molar-refractivity contribution in [2.75, 3.05) is 18.4 Å². The second kappa shape index (κ2) is 6.94. The topological polar surface area (TPSA) is 61.4 Å². The molecule has 4 rings (SSSR count). The first-order chi connectivity index (χ1) is 11.1. The molecule has 2 saturated heterocycles. The number of benzene rings is 1. The highest BCUT2D eigenvalue weighted by Crippen LogP contribution is 2.37. The molecule has 0 aromatic heterocycles. The first-order valence-corrected chi connectivity index (χ1v) is 9.16. The number of carbonyl (C=O) groups excluding carboxylic acids is 2. The molecule has 0 saturated carbocycles. The van der Waals surface area contributed by atoms with Gasteiger partial charge in [0.2, 0.25) is 5.91 Å². The van der Waals surface area contributed by atoms with Crippen LogP contribution in [0, 0.1) is 0 Å². The summed E-state index contributed by atoms with van der Waals surface area (Å²) in [5.41, 5.74) is 1.45. The fourth-order valence-corrected chi connectivity index (χ4v) is 4.74. The van der Waals surface area contributed by atoms with E-state index in [2.05, 4.69) is 15.5 Å². The largest absolute Gasteiger partial charge is 0.331 e. The highest BCUT2D eigenvalue weighted by molar-refractivity contribution is 8.00. The van der Waals surface area contributed by atoms with Crippen molar-refractivity contribution in [1.82, 2.24) is 10.2 Å². The smallest absolute Gasteiger partial charge is 0.254 e. The average molecular weight is 368 g/mol. The maximum atomic E-state index is 13.0. The first kappa shape index (κ1) is 17.6. The molecule has 24 heavy (non-hydrogen) atoms. The van der Waals surface area contributed by atoms with E-state index >= 15 is 0 Å². The number of fused-ring (bicyclic) bond motifs is 3. The molecule has 0 radical (unpaired) electrons. The molecule has 5 nitrogen and oxygen atoms in total. The van der Waals surface area contributed by atoms with Crippen molar-refractivity contribution in [2.45, 2.75) is 48.4 Å². The van der Waals surface area contributed by atoms with Gasteiger partial charge in [-0.2, -0.15) is 0 Å². The van der Waals surface area contributed by atoms with Crippen molar-refractivity contribution in [1.29, 1.82) is 0 Å². The number of anilines is 1. The highest BCUT2D eigenvalue weighted by Gasteiger charge is 2.38. The van der Waals surface area contributed by atoms with Crippen LogP contribution < -0.4 is 10.6 Å². The zero-order chi connectivity index (χ0) is 16.0. The Morgan fingerprint density at radius 2 is 2.04 bits per heavy atom. The van der Waals surface area contributed by atoms with E-state index in [0.29, 0.717) is 17.6 Å². The lowest BCUT2D eigenvalue weighted by Crippen LogP contribution is -2.42. The molecule has 7 heteroatoms. The molecule has 3 unspecified atom stereocenters. The summed E-state index contributed by atoms with van der Waals surface area (Å²) in [6.45, 7) is 3.76. The van der Waals surface area contributed by atoms with Gasteiger partial charge in [0, 0.05) is 29.1 Å². The van der Waals surface area contributed by atoms with Gasteiger partial charge in [-0.3, -0.25) is 9.59 Å². The van der Waals surface area contributed by atoms with E-state index < -0.39 is 0 Å². The Labute approximate surface area is 152 Å². The molecule has 3 aliphatic heterocycles. The third-order valence-corrected chi connectivity index (χ3v) is 6.22. The van der Waals surface area contributed by atoms with Crippen molar-refractivity contribution < 1.29 is 9.59 Å². The highest BCUT2D eigenvalue weighted by atomic mass is 35.5. The van der Waals surface area contributed by atoms with Crippen LogP contribution in [0.5, 0.6) is 0 Å². The molecule has 1 aromatic rings. The quantitative estimate of drug-likeness (QED) is 0.800. The van der Waals surface area contributed by atoms with E-state index in [4.69, 9.17) is 0 Å². The summed E-state index contributed by atoms with van der Waals surface area (Å²) in [5.74, 6) is 0.105. The molecule has 2 N–H and O–H groups in total.